The van der Waals surface area contributed by atoms with Crippen LogP contribution in [0.25, 0.3) is 6.08 Å². The maximum atomic E-state index is 13.0. The molecule has 1 fully saturated rings. The van der Waals surface area contributed by atoms with Crippen molar-refractivity contribution in [2.45, 2.75) is 13.3 Å². The predicted molar refractivity (Wildman–Crippen MR) is 110 cm³/mol. The third-order valence-electron chi connectivity index (χ3n) is 4.19. The van der Waals surface area contributed by atoms with Crippen molar-refractivity contribution in [1.29, 1.82) is 0 Å². The summed E-state index contributed by atoms with van der Waals surface area (Å²) in [5.74, 6) is -0.518. The van der Waals surface area contributed by atoms with E-state index in [9.17, 15) is 9.59 Å². The first-order valence-electron chi connectivity index (χ1n) is 8.28. The van der Waals surface area contributed by atoms with Crippen molar-refractivity contribution in [1.82, 2.24) is 5.32 Å². The molecule has 0 aliphatic carbocycles. The fourth-order valence-electron chi connectivity index (χ4n) is 2.71. The van der Waals surface area contributed by atoms with Gasteiger partial charge in [0, 0.05) is 0 Å². The average molecular weight is 401 g/mol. The third kappa shape index (κ3) is 3.86. The average Bonchev–Trinajstić information content (AvgIpc) is 2.65. The number of rotatable bonds is 4. The van der Waals surface area contributed by atoms with E-state index in [1.165, 1.54) is 18.1 Å². The third-order valence-corrected chi connectivity index (χ3v) is 4.77. The quantitative estimate of drug-likeness (QED) is 0.482. The molecular weight excluding hydrogens is 384 g/mol. The Morgan fingerprint density at radius 1 is 1.19 bits per heavy atom. The van der Waals surface area contributed by atoms with Gasteiger partial charge in [-0.25, -0.2) is 0 Å². The molecule has 0 radical (unpaired) electrons. The number of amides is 2. The van der Waals surface area contributed by atoms with E-state index in [1.54, 1.807) is 18.2 Å². The van der Waals surface area contributed by atoms with E-state index in [2.05, 4.69) is 5.32 Å². The number of halogens is 1. The predicted octanol–water partition coefficient (Wildman–Crippen LogP) is 3.74. The number of methoxy groups -OCH3 is 1. The van der Waals surface area contributed by atoms with Crippen LogP contribution in [0.2, 0.25) is 5.02 Å². The van der Waals surface area contributed by atoms with Crippen LogP contribution in [0.3, 0.4) is 0 Å². The zero-order valence-corrected chi connectivity index (χ0v) is 16.4. The summed E-state index contributed by atoms with van der Waals surface area (Å²) in [5, 5.41) is 3.01. The highest BCUT2D eigenvalue weighted by Gasteiger charge is 2.34. The molecule has 1 aliphatic rings. The van der Waals surface area contributed by atoms with E-state index in [-0.39, 0.29) is 10.7 Å². The minimum Gasteiger partial charge on any atom is -0.495 e. The Kier molecular flexibility index (Phi) is 5.58. The molecule has 2 aromatic rings. The van der Waals surface area contributed by atoms with Crippen molar-refractivity contribution < 1.29 is 14.3 Å². The van der Waals surface area contributed by atoms with Crippen molar-refractivity contribution in [3.8, 4) is 5.75 Å². The van der Waals surface area contributed by atoms with Crippen molar-refractivity contribution in [3.63, 3.8) is 0 Å². The summed E-state index contributed by atoms with van der Waals surface area (Å²) in [4.78, 5) is 26.6. The number of nitrogens with one attached hydrogen (secondary N) is 1. The van der Waals surface area contributed by atoms with Gasteiger partial charge in [0.25, 0.3) is 11.8 Å². The van der Waals surface area contributed by atoms with Crippen LogP contribution >= 0.6 is 23.8 Å². The number of thiocarbonyl (C=S) groups is 1. The topological polar surface area (TPSA) is 58.6 Å². The SMILES string of the molecule is CCc1ccc(N2C(=O)/C(=C/c3ccc(OC)c(Cl)c3)C(=O)NC2=S)cc1. The lowest BCUT2D eigenvalue weighted by Gasteiger charge is -2.29. The van der Waals surface area contributed by atoms with Crippen LogP contribution in [0.15, 0.2) is 48.0 Å². The zero-order valence-electron chi connectivity index (χ0n) is 14.8. The Morgan fingerprint density at radius 3 is 2.48 bits per heavy atom. The zero-order chi connectivity index (χ0) is 19.6. The fourth-order valence-corrected chi connectivity index (χ4v) is 3.26. The molecule has 0 unspecified atom stereocenters. The van der Waals surface area contributed by atoms with Gasteiger partial charge < -0.3 is 4.74 Å². The Balaban J connectivity index is 1.97. The number of carbonyl (C=O) groups is 2. The number of nitrogens with zero attached hydrogens (tertiary/aromatic N) is 1. The lowest BCUT2D eigenvalue weighted by Crippen LogP contribution is -2.54. The molecule has 138 valence electrons. The first-order valence-corrected chi connectivity index (χ1v) is 9.07. The van der Waals surface area contributed by atoms with E-state index >= 15 is 0 Å². The van der Waals surface area contributed by atoms with Gasteiger partial charge >= 0.3 is 0 Å². The van der Waals surface area contributed by atoms with Gasteiger partial charge in [-0.15, -0.1) is 0 Å². The lowest BCUT2D eigenvalue weighted by atomic mass is 10.1. The van der Waals surface area contributed by atoms with Crippen LogP contribution in [-0.4, -0.2) is 24.0 Å². The summed E-state index contributed by atoms with van der Waals surface area (Å²) in [7, 11) is 1.51. The van der Waals surface area contributed by atoms with Crippen LogP contribution in [0.4, 0.5) is 5.69 Å². The maximum absolute atomic E-state index is 13.0. The largest absolute Gasteiger partial charge is 0.495 e. The fraction of sp³-hybridized carbons (Fsp3) is 0.150. The maximum Gasteiger partial charge on any atom is 0.270 e. The lowest BCUT2D eigenvalue weighted by molar-refractivity contribution is -0.122. The first kappa shape index (κ1) is 19.1. The highest BCUT2D eigenvalue weighted by atomic mass is 35.5. The molecule has 2 amide bonds. The Labute approximate surface area is 167 Å². The first-order chi connectivity index (χ1) is 12.9. The van der Waals surface area contributed by atoms with Gasteiger partial charge in [-0.1, -0.05) is 36.7 Å². The second-order valence-corrected chi connectivity index (χ2v) is 6.67. The van der Waals surface area contributed by atoms with Crippen molar-refractivity contribution in [2.75, 3.05) is 12.0 Å². The monoisotopic (exact) mass is 400 g/mol. The van der Waals surface area contributed by atoms with E-state index < -0.39 is 11.8 Å². The molecule has 0 atom stereocenters. The molecule has 2 aromatic carbocycles. The molecule has 5 nitrogen and oxygen atoms in total. The summed E-state index contributed by atoms with van der Waals surface area (Å²) in [6.07, 6.45) is 2.37. The summed E-state index contributed by atoms with van der Waals surface area (Å²) < 4.78 is 5.12. The molecule has 1 saturated heterocycles. The van der Waals surface area contributed by atoms with Gasteiger partial charge in [0.05, 0.1) is 17.8 Å². The number of ether oxygens (including phenoxy) is 1. The van der Waals surface area contributed by atoms with Gasteiger partial charge in [-0.05, 0) is 60.1 Å². The Bertz CT molecular complexity index is 954. The van der Waals surface area contributed by atoms with Gasteiger partial charge in [0.2, 0.25) is 0 Å². The molecule has 27 heavy (non-hydrogen) atoms. The summed E-state index contributed by atoms with van der Waals surface area (Å²) in [5.41, 5.74) is 2.32. The van der Waals surface area contributed by atoms with Crippen LogP contribution in [0, 0.1) is 0 Å². The minimum absolute atomic E-state index is 0.0237. The van der Waals surface area contributed by atoms with Crippen LogP contribution in [-0.2, 0) is 16.0 Å². The van der Waals surface area contributed by atoms with Crippen LogP contribution in [0.1, 0.15) is 18.1 Å². The number of anilines is 1. The second kappa shape index (κ2) is 7.90. The molecule has 1 heterocycles. The van der Waals surface area contributed by atoms with E-state index in [4.69, 9.17) is 28.6 Å². The summed E-state index contributed by atoms with van der Waals surface area (Å²) >= 11 is 11.3. The number of benzene rings is 2. The molecule has 7 heteroatoms. The summed E-state index contributed by atoms with van der Waals surface area (Å²) in [6, 6.07) is 12.5. The molecule has 0 saturated carbocycles. The Morgan fingerprint density at radius 2 is 1.89 bits per heavy atom. The number of hydrogen-bond donors (Lipinski definition) is 1. The highest BCUT2D eigenvalue weighted by molar-refractivity contribution is 7.80. The number of aryl methyl sites for hydroxylation is 1. The van der Waals surface area contributed by atoms with Crippen molar-refractivity contribution >= 4 is 52.5 Å². The standard InChI is InChI=1S/C20H17ClN2O3S/c1-3-12-4-7-14(8-5-12)23-19(25)15(18(24)22-20(23)27)10-13-6-9-17(26-2)16(21)11-13/h4-11H,3H2,1-2H3,(H,22,24,27)/b15-10+. The molecule has 1 aliphatic heterocycles. The Hall–Kier alpha value is -2.70. The normalized spacial score (nSPS) is 15.9. The van der Waals surface area contributed by atoms with Crippen LogP contribution in [0.5, 0.6) is 5.75 Å². The van der Waals surface area contributed by atoms with E-state index in [1.807, 2.05) is 31.2 Å². The van der Waals surface area contributed by atoms with E-state index in [0.717, 1.165) is 12.0 Å². The highest BCUT2D eigenvalue weighted by Crippen LogP contribution is 2.27. The molecule has 3 rings (SSSR count). The van der Waals surface area contributed by atoms with Crippen molar-refractivity contribution in [3.05, 3.63) is 64.2 Å². The second-order valence-electron chi connectivity index (χ2n) is 5.87. The molecule has 1 N–H and O–H groups in total. The summed E-state index contributed by atoms with van der Waals surface area (Å²) in [6.45, 7) is 2.05. The van der Waals surface area contributed by atoms with Crippen molar-refractivity contribution in [2.24, 2.45) is 0 Å². The molecular formula is C20H17ClN2O3S. The molecule has 0 bridgehead atoms. The minimum atomic E-state index is -0.543. The van der Waals surface area contributed by atoms with Gasteiger partial charge in [-0.3, -0.25) is 19.8 Å². The molecule has 0 spiro atoms. The smallest absolute Gasteiger partial charge is 0.270 e. The van der Waals surface area contributed by atoms with Gasteiger partial charge in [0.1, 0.15) is 11.3 Å². The number of hydrogen-bond acceptors (Lipinski definition) is 4. The van der Waals surface area contributed by atoms with E-state index in [0.29, 0.717) is 22.0 Å². The molecule has 0 aromatic heterocycles. The van der Waals surface area contributed by atoms with Crippen LogP contribution < -0.4 is 15.0 Å². The number of carbonyl (C=O) groups excluding carboxylic acids is 2. The van der Waals surface area contributed by atoms with Gasteiger partial charge in [-0.2, -0.15) is 0 Å². The van der Waals surface area contributed by atoms with Gasteiger partial charge in [0.15, 0.2) is 5.11 Å².